The second-order valence-corrected chi connectivity index (χ2v) is 6.96. The maximum atomic E-state index is 12.8. The summed E-state index contributed by atoms with van der Waals surface area (Å²) in [7, 11) is 0. The van der Waals surface area contributed by atoms with Crippen molar-refractivity contribution in [2.24, 2.45) is 0 Å². The summed E-state index contributed by atoms with van der Waals surface area (Å²) >= 11 is 1.34. The van der Waals surface area contributed by atoms with Gasteiger partial charge in [-0.3, -0.25) is 14.2 Å². The lowest BCUT2D eigenvalue weighted by molar-refractivity contribution is 0.0970. The van der Waals surface area contributed by atoms with Crippen molar-refractivity contribution >= 4 is 27.3 Å². The monoisotopic (exact) mass is 364 g/mol. The summed E-state index contributed by atoms with van der Waals surface area (Å²) in [5.74, 6) is 0.639. The zero-order valence-corrected chi connectivity index (χ0v) is 15.2. The number of pyridine rings is 1. The Morgan fingerprint density at radius 2 is 2.04 bits per heavy atom. The Labute approximate surface area is 153 Å². The van der Waals surface area contributed by atoms with Crippen LogP contribution >= 0.6 is 11.3 Å². The van der Waals surface area contributed by atoms with Crippen LogP contribution in [0.25, 0.3) is 16.0 Å². The highest BCUT2D eigenvalue weighted by Crippen LogP contribution is 2.20. The molecule has 0 N–H and O–H groups in total. The van der Waals surface area contributed by atoms with Crippen molar-refractivity contribution in [1.82, 2.24) is 19.1 Å². The highest BCUT2D eigenvalue weighted by molar-refractivity contribution is 7.17. The predicted molar refractivity (Wildman–Crippen MR) is 101 cm³/mol. The second kappa shape index (κ2) is 6.34. The number of thiophene rings is 1. The Morgan fingerprint density at radius 3 is 2.81 bits per heavy atom. The number of nitrogens with zero attached hydrogens (tertiary/aromatic N) is 4. The Bertz CT molecular complexity index is 1170. The van der Waals surface area contributed by atoms with Crippen LogP contribution in [0.2, 0.25) is 0 Å². The van der Waals surface area contributed by atoms with E-state index in [0.717, 1.165) is 17.2 Å². The molecule has 0 saturated carbocycles. The van der Waals surface area contributed by atoms with Gasteiger partial charge >= 0.3 is 0 Å². The number of aromatic nitrogens is 4. The first kappa shape index (κ1) is 16.4. The molecule has 0 aliphatic carbocycles. The average molecular weight is 364 g/mol. The first-order valence-electron chi connectivity index (χ1n) is 8.12. The Kier molecular flexibility index (Phi) is 4.00. The van der Waals surface area contributed by atoms with E-state index in [1.165, 1.54) is 22.2 Å². The van der Waals surface area contributed by atoms with E-state index in [0.29, 0.717) is 15.8 Å². The SMILES string of the molecule is Cc1cc(C(=O)Cn2cnc3ccsc3c2=O)c(C)n1-c1ccccn1. The fourth-order valence-electron chi connectivity index (χ4n) is 3.12. The smallest absolute Gasteiger partial charge is 0.271 e. The van der Waals surface area contributed by atoms with Gasteiger partial charge in [0, 0.05) is 23.1 Å². The first-order valence-corrected chi connectivity index (χ1v) is 9.00. The molecule has 4 heterocycles. The molecular formula is C19H16N4O2S. The maximum absolute atomic E-state index is 12.8. The van der Waals surface area contributed by atoms with Gasteiger partial charge in [-0.25, -0.2) is 9.97 Å². The van der Waals surface area contributed by atoms with Crippen LogP contribution < -0.4 is 5.56 Å². The standard InChI is InChI=1S/C19H16N4O2S/c1-12-9-14(13(2)23(12)17-5-3-4-7-20-17)16(24)10-22-11-21-15-6-8-26-18(15)19(22)25/h3-9,11H,10H2,1-2H3. The third kappa shape index (κ3) is 2.66. The van der Waals surface area contributed by atoms with Gasteiger partial charge in [0.1, 0.15) is 10.5 Å². The van der Waals surface area contributed by atoms with Gasteiger partial charge in [-0.05, 0) is 43.5 Å². The summed E-state index contributed by atoms with van der Waals surface area (Å²) in [6.45, 7) is 3.79. The predicted octanol–water partition coefficient (Wildman–Crippen LogP) is 3.14. The second-order valence-electron chi connectivity index (χ2n) is 6.04. The third-order valence-electron chi connectivity index (χ3n) is 4.36. The maximum Gasteiger partial charge on any atom is 0.271 e. The van der Waals surface area contributed by atoms with E-state index in [1.807, 2.05) is 48.1 Å². The topological polar surface area (TPSA) is 69.8 Å². The molecule has 0 aliphatic heterocycles. The van der Waals surface area contributed by atoms with Crippen LogP contribution in [-0.2, 0) is 6.54 Å². The molecule has 0 aromatic carbocycles. The summed E-state index contributed by atoms with van der Waals surface area (Å²) in [5.41, 5.74) is 2.80. The summed E-state index contributed by atoms with van der Waals surface area (Å²) in [6, 6.07) is 9.30. The zero-order chi connectivity index (χ0) is 18.3. The molecule has 0 spiro atoms. The lowest BCUT2D eigenvalue weighted by Gasteiger charge is -2.08. The van der Waals surface area contributed by atoms with E-state index in [1.54, 1.807) is 12.3 Å². The van der Waals surface area contributed by atoms with Crippen molar-refractivity contribution in [2.45, 2.75) is 20.4 Å². The van der Waals surface area contributed by atoms with Crippen molar-refractivity contribution in [3.05, 3.63) is 75.5 Å². The number of carbonyl (C=O) groups is 1. The van der Waals surface area contributed by atoms with Crippen LogP contribution in [0.5, 0.6) is 0 Å². The van der Waals surface area contributed by atoms with Crippen molar-refractivity contribution in [1.29, 1.82) is 0 Å². The largest absolute Gasteiger partial charge is 0.302 e. The highest BCUT2D eigenvalue weighted by Gasteiger charge is 2.18. The van der Waals surface area contributed by atoms with Crippen molar-refractivity contribution in [3.8, 4) is 5.82 Å². The minimum Gasteiger partial charge on any atom is -0.302 e. The van der Waals surface area contributed by atoms with E-state index >= 15 is 0 Å². The molecule has 0 unspecified atom stereocenters. The first-order chi connectivity index (χ1) is 12.6. The molecule has 0 bridgehead atoms. The Morgan fingerprint density at radius 1 is 1.19 bits per heavy atom. The number of ketones is 1. The Balaban J connectivity index is 1.71. The van der Waals surface area contributed by atoms with Gasteiger partial charge in [-0.2, -0.15) is 0 Å². The van der Waals surface area contributed by atoms with Gasteiger partial charge in [0.25, 0.3) is 5.56 Å². The molecule has 4 aromatic rings. The van der Waals surface area contributed by atoms with E-state index in [2.05, 4.69) is 9.97 Å². The van der Waals surface area contributed by atoms with Crippen LogP contribution in [-0.4, -0.2) is 24.9 Å². The lowest BCUT2D eigenvalue weighted by Crippen LogP contribution is -2.24. The van der Waals surface area contributed by atoms with E-state index < -0.39 is 0 Å². The van der Waals surface area contributed by atoms with Crippen LogP contribution in [0, 0.1) is 13.8 Å². The van der Waals surface area contributed by atoms with Crippen molar-refractivity contribution in [3.63, 3.8) is 0 Å². The molecule has 7 heteroatoms. The number of rotatable bonds is 4. The van der Waals surface area contributed by atoms with Crippen LogP contribution in [0.4, 0.5) is 0 Å². The molecule has 0 saturated heterocycles. The van der Waals surface area contributed by atoms with Gasteiger partial charge in [0.05, 0.1) is 18.4 Å². The highest BCUT2D eigenvalue weighted by atomic mass is 32.1. The number of hydrogen-bond acceptors (Lipinski definition) is 5. The minimum absolute atomic E-state index is 0.0355. The molecule has 0 aliphatic rings. The van der Waals surface area contributed by atoms with Gasteiger partial charge in [-0.1, -0.05) is 6.07 Å². The quantitative estimate of drug-likeness (QED) is 0.522. The molecule has 0 atom stereocenters. The summed E-state index contributed by atoms with van der Waals surface area (Å²) in [6.07, 6.45) is 3.16. The molecule has 4 rings (SSSR count). The molecule has 6 nitrogen and oxygen atoms in total. The number of fused-ring (bicyclic) bond motifs is 1. The third-order valence-corrected chi connectivity index (χ3v) is 5.25. The number of aryl methyl sites for hydroxylation is 1. The fourth-order valence-corrected chi connectivity index (χ4v) is 3.91. The normalized spacial score (nSPS) is 11.2. The van der Waals surface area contributed by atoms with Crippen molar-refractivity contribution < 1.29 is 4.79 Å². The van der Waals surface area contributed by atoms with Gasteiger partial charge in [0.2, 0.25) is 0 Å². The molecule has 4 aromatic heterocycles. The number of Topliss-reactive ketones (excluding diaryl/α,β-unsaturated/α-hetero) is 1. The van der Waals surface area contributed by atoms with Crippen LogP contribution in [0.3, 0.4) is 0 Å². The molecular weight excluding hydrogens is 348 g/mol. The van der Waals surface area contributed by atoms with Gasteiger partial charge in [-0.15, -0.1) is 11.3 Å². The van der Waals surface area contributed by atoms with E-state index in [9.17, 15) is 9.59 Å². The van der Waals surface area contributed by atoms with E-state index in [4.69, 9.17) is 0 Å². The Hall–Kier alpha value is -3.06. The lowest BCUT2D eigenvalue weighted by atomic mass is 10.1. The van der Waals surface area contributed by atoms with Crippen molar-refractivity contribution in [2.75, 3.05) is 0 Å². The average Bonchev–Trinajstić information content (AvgIpc) is 3.23. The number of carbonyl (C=O) groups excluding carboxylic acids is 1. The van der Waals surface area contributed by atoms with Gasteiger partial charge < -0.3 is 4.57 Å². The zero-order valence-electron chi connectivity index (χ0n) is 14.3. The molecule has 0 amide bonds. The molecule has 0 fully saturated rings. The molecule has 130 valence electrons. The summed E-state index contributed by atoms with van der Waals surface area (Å²) < 4.78 is 3.88. The molecule has 26 heavy (non-hydrogen) atoms. The van der Waals surface area contributed by atoms with E-state index in [-0.39, 0.29) is 17.9 Å². The number of hydrogen-bond donors (Lipinski definition) is 0. The van der Waals surface area contributed by atoms with Crippen LogP contribution in [0.1, 0.15) is 21.7 Å². The fraction of sp³-hybridized carbons (Fsp3) is 0.158. The molecule has 0 radical (unpaired) electrons. The summed E-state index contributed by atoms with van der Waals surface area (Å²) in [4.78, 5) is 33.9. The van der Waals surface area contributed by atoms with Gasteiger partial charge in [0.15, 0.2) is 5.78 Å². The van der Waals surface area contributed by atoms with Crippen LogP contribution in [0.15, 0.2) is 53.0 Å². The minimum atomic E-state index is -0.183. The summed E-state index contributed by atoms with van der Waals surface area (Å²) in [5, 5.41) is 1.83.